The predicted octanol–water partition coefficient (Wildman–Crippen LogP) is 2.46. The zero-order valence-corrected chi connectivity index (χ0v) is 12.2. The number of rotatable bonds is 4. The Bertz CT molecular complexity index is 415. The van der Waals surface area contributed by atoms with Gasteiger partial charge in [0.1, 0.15) is 6.29 Å². The molecule has 3 nitrogen and oxygen atoms in total. The lowest BCUT2D eigenvalue weighted by Crippen LogP contribution is -2.42. The minimum Gasteiger partial charge on any atom is -0.402 e. The lowest BCUT2D eigenvalue weighted by Gasteiger charge is -2.35. The van der Waals surface area contributed by atoms with Crippen LogP contribution in [-0.4, -0.2) is 29.3 Å². The summed E-state index contributed by atoms with van der Waals surface area (Å²) in [6.07, 6.45) is 8.34. The molecule has 19 heavy (non-hydrogen) atoms. The summed E-state index contributed by atoms with van der Waals surface area (Å²) < 4.78 is 0. The average Bonchev–Trinajstić information content (AvgIpc) is 2.95. The normalized spacial score (nSPS) is 38.1. The van der Waals surface area contributed by atoms with Gasteiger partial charge < -0.3 is 5.73 Å². The Hall–Kier alpha value is -0.830. The van der Waals surface area contributed by atoms with Crippen molar-refractivity contribution in [3.63, 3.8) is 0 Å². The number of fused-ring (bicyclic) bond motifs is 3. The third kappa shape index (κ3) is 1.94. The first-order chi connectivity index (χ1) is 9.07. The highest BCUT2D eigenvalue weighted by Crippen LogP contribution is 2.54. The van der Waals surface area contributed by atoms with E-state index in [4.69, 9.17) is 5.73 Å². The Morgan fingerprint density at radius 2 is 2.32 bits per heavy atom. The number of aldehydes is 1. The Labute approximate surface area is 116 Å². The molecule has 2 N–H and O–H groups in total. The Morgan fingerprint density at radius 1 is 1.53 bits per heavy atom. The molecule has 3 atom stereocenters. The molecule has 0 aromatic rings. The van der Waals surface area contributed by atoms with Gasteiger partial charge in [-0.3, -0.25) is 9.69 Å². The molecule has 0 amide bonds. The average molecular weight is 262 g/mol. The van der Waals surface area contributed by atoms with Gasteiger partial charge in [-0.25, -0.2) is 0 Å². The zero-order chi connectivity index (χ0) is 13.6. The summed E-state index contributed by atoms with van der Waals surface area (Å²) in [5, 5.41) is 0. The van der Waals surface area contributed by atoms with Crippen LogP contribution < -0.4 is 5.73 Å². The van der Waals surface area contributed by atoms with Crippen molar-refractivity contribution in [1.29, 1.82) is 0 Å². The van der Waals surface area contributed by atoms with E-state index in [9.17, 15) is 4.79 Å². The van der Waals surface area contributed by atoms with E-state index < -0.39 is 0 Å². The van der Waals surface area contributed by atoms with Gasteiger partial charge in [-0.1, -0.05) is 13.8 Å². The van der Waals surface area contributed by atoms with Crippen LogP contribution in [0.1, 0.15) is 52.4 Å². The van der Waals surface area contributed by atoms with Crippen LogP contribution in [0.25, 0.3) is 0 Å². The highest BCUT2D eigenvalue weighted by atomic mass is 16.1. The quantitative estimate of drug-likeness (QED) is 0.792. The number of hydrogen-bond acceptors (Lipinski definition) is 3. The lowest BCUT2D eigenvalue weighted by molar-refractivity contribution is -0.105. The summed E-state index contributed by atoms with van der Waals surface area (Å²) in [6, 6.07) is 0.523. The molecule has 3 rings (SSSR count). The summed E-state index contributed by atoms with van der Waals surface area (Å²) >= 11 is 0. The van der Waals surface area contributed by atoms with Crippen LogP contribution in [0.15, 0.2) is 11.3 Å². The van der Waals surface area contributed by atoms with E-state index in [0.29, 0.717) is 17.5 Å². The monoisotopic (exact) mass is 262 g/mol. The molecule has 3 aliphatic rings. The van der Waals surface area contributed by atoms with Crippen molar-refractivity contribution in [2.45, 2.75) is 64.0 Å². The maximum Gasteiger partial charge on any atom is 0.148 e. The maximum atomic E-state index is 11.3. The topological polar surface area (TPSA) is 46.3 Å². The fourth-order valence-corrected chi connectivity index (χ4v) is 4.70. The molecule has 3 unspecified atom stereocenters. The molecule has 2 heterocycles. The number of nitrogens with zero attached hydrogens (tertiary/aromatic N) is 1. The second kappa shape index (κ2) is 4.62. The van der Waals surface area contributed by atoms with Crippen LogP contribution in [0.5, 0.6) is 0 Å². The minimum absolute atomic E-state index is 0.383. The van der Waals surface area contributed by atoms with Gasteiger partial charge in [0.05, 0.1) is 0 Å². The van der Waals surface area contributed by atoms with E-state index in [1.807, 2.05) is 0 Å². The molecular formula is C16H26N2O. The van der Waals surface area contributed by atoms with Crippen molar-refractivity contribution in [2.24, 2.45) is 17.6 Å². The Balaban J connectivity index is 1.82. The second-order valence-electron chi connectivity index (χ2n) is 7.13. The molecule has 1 aliphatic carbocycles. The van der Waals surface area contributed by atoms with Crippen LogP contribution in [0.2, 0.25) is 0 Å². The Kier molecular flexibility index (Phi) is 3.20. The van der Waals surface area contributed by atoms with E-state index >= 15 is 0 Å². The minimum atomic E-state index is 0.383. The fraction of sp³-hybridized carbons (Fsp3) is 0.812. The van der Waals surface area contributed by atoms with Crippen LogP contribution in [0.4, 0.5) is 0 Å². The molecule has 0 bridgehead atoms. The van der Waals surface area contributed by atoms with Crippen molar-refractivity contribution in [1.82, 2.24) is 4.90 Å². The largest absolute Gasteiger partial charge is 0.402 e. The number of carbonyl (C=O) groups is 1. The molecule has 106 valence electrons. The van der Waals surface area contributed by atoms with Gasteiger partial charge in [0.15, 0.2) is 0 Å². The molecule has 3 heteroatoms. The highest BCUT2D eigenvalue weighted by Gasteiger charge is 2.56. The first-order valence-electron chi connectivity index (χ1n) is 7.78. The lowest BCUT2D eigenvalue weighted by atomic mass is 9.82. The van der Waals surface area contributed by atoms with Gasteiger partial charge in [0, 0.05) is 35.2 Å². The second-order valence-corrected chi connectivity index (χ2v) is 7.13. The van der Waals surface area contributed by atoms with Crippen LogP contribution in [0.3, 0.4) is 0 Å². The van der Waals surface area contributed by atoms with E-state index in [0.717, 1.165) is 29.9 Å². The number of nitrogens with two attached hydrogens (primary N) is 1. The molecule has 0 aromatic heterocycles. The Morgan fingerprint density at radius 3 is 3.00 bits per heavy atom. The molecule has 0 aromatic carbocycles. The zero-order valence-electron chi connectivity index (χ0n) is 12.2. The van der Waals surface area contributed by atoms with Gasteiger partial charge in [-0.05, 0) is 44.6 Å². The number of carbonyl (C=O) groups excluding carboxylic acids is 1. The fourth-order valence-electron chi connectivity index (χ4n) is 4.70. The third-order valence-electron chi connectivity index (χ3n) is 5.63. The number of hydrogen-bond donors (Lipinski definition) is 1. The smallest absolute Gasteiger partial charge is 0.148 e. The van der Waals surface area contributed by atoms with Crippen molar-refractivity contribution in [3.8, 4) is 0 Å². The van der Waals surface area contributed by atoms with Crippen molar-refractivity contribution < 1.29 is 4.79 Å². The molecular weight excluding hydrogens is 236 g/mol. The SMILES string of the molecule is CC(C)CCC12CCCN1C1CC(N)=C(C=O)C1C2. The van der Waals surface area contributed by atoms with E-state index in [-0.39, 0.29) is 0 Å². The van der Waals surface area contributed by atoms with Crippen LogP contribution in [-0.2, 0) is 4.79 Å². The molecule has 0 saturated carbocycles. The van der Waals surface area contributed by atoms with Gasteiger partial charge in [0.2, 0.25) is 0 Å². The molecule has 0 spiro atoms. The van der Waals surface area contributed by atoms with Crippen molar-refractivity contribution in [2.75, 3.05) is 6.54 Å². The predicted molar refractivity (Wildman–Crippen MR) is 76.5 cm³/mol. The highest BCUT2D eigenvalue weighted by molar-refractivity contribution is 5.77. The van der Waals surface area contributed by atoms with E-state index in [1.54, 1.807) is 0 Å². The first kappa shape index (κ1) is 13.2. The van der Waals surface area contributed by atoms with E-state index in [1.165, 1.54) is 38.6 Å². The summed E-state index contributed by atoms with van der Waals surface area (Å²) in [5.74, 6) is 1.19. The first-order valence-corrected chi connectivity index (χ1v) is 7.78. The standard InChI is InChI=1S/C16H26N2O/c1-11(2)4-6-16-5-3-7-18(16)15-8-14(17)13(10-19)12(15)9-16/h10-12,15H,3-9,17H2,1-2H3. The molecule has 2 saturated heterocycles. The van der Waals surface area contributed by atoms with Gasteiger partial charge in [-0.2, -0.15) is 0 Å². The van der Waals surface area contributed by atoms with Crippen molar-refractivity contribution >= 4 is 6.29 Å². The molecule has 0 radical (unpaired) electrons. The van der Waals surface area contributed by atoms with Gasteiger partial charge in [-0.15, -0.1) is 0 Å². The summed E-state index contributed by atoms with van der Waals surface area (Å²) in [7, 11) is 0. The van der Waals surface area contributed by atoms with Crippen LogP contribution in [0, 0.1) is 11.8 Å². The maximum absolute atomic E-state index is 11.3. The summed E-state index contributed by atoms with van der Waals surface area (Å²) in [6.45, 7) is 5.82. The molecule has 2 fully saturated rings. The summed E-state index contributed by atoms with van der Waals surface area (Å²) in [4.78, 5) is 14.0. The molecule has 2 aliphatic heterocycles. The summed E-state index contributed by atoms with van der Waals surface area (Å²) in [5.41, 5.74) is 8.21. The van der Waals surface area contributed by atoms with Crippen LogP contribution >= 0.6 is 0 Å². The van der Waals surface area contributed by atoms with E-state index in [2.05, 4.69) is 18.7 Å². The van der Waals surface area contributed by atoms with Crippen molar-refractivity contribution in [3.05, 3.63) is 11.3 Å². The third-order valence-corrected chi connectivity index (χ3v) is 5.63. The van der Waals surface area contributed by atoms with Gasteiger partial charge >= 0.3 is 0 Å². The van der Waals surface area contributed by atoms with Gasteiger partial charge in [0.25, 0.3) is 0 Å².